The van der Waals surface area contributed by atoms with E-state index in [-0.39, 0.29) is 17.9 Å². The average molecular weight is 361 g/mol. The second-order valence-corrected chi connectivity index (χ2v) is 7.31. The van der Waals surface area contributed by atoms with Gasteiger partial charge in [-0.15, -0.1) is 0 Å². The first-order chi connectivity index (χ1) is 12.6. The number of benzene rings is 1. The number of aliphatic hydroxyl groups is 1. The van der Waals surface area contributed by atoms with Crippen LogP contribution < -0.4 is 0 Å². The summed E-state index contributed by atoms with van der Waals surface area (Å²) in [6.45, 7) is 10.3. The standard InChI is InChI=1S/C20H31N3O3/c1-17(20(25)18-5-3-2-4-6-18)23-9-7-21(8-10-23)15-19(24)16-22-11-13-26-14-12-22/h2-6,17,19,24H,7-16H2,1H3. The zero-order valence-corrected chi connectivity index (χ0v) is 15.7. The minimum Gasteiger partial charge on any atom is -0.390 e. The summed E-state index contributed by atoms with van der Waals surface area (Å²) >= 11 is 0. The lowest BCUT2D eigenvalue weighted by atomic mass is 10.0. The molecule has 2 fully saturated rings. The highest BCUT2D eigenvalue weighted by Gasteiger charge is 2.27. The summed E-state index contributed by atoms with van der Waals surface area (Å²) in [6, 6.07) is 9.43. The van der Waals surface area contributed by atoms with E-state index < -0.39 is 0 Å². The molecule has 6 heteroatoms. The van der Waals surface area contributed by atoms with Crippen LogP contribution in [0, 0.1) is 0 Å². The zero-order chi connectivity index (χ0) is 18.4. The average Bonchev–Trinajstić information content (AvgIpc) is 2.69. The number of rotatable bonds is 7. The Bertz CT molecular complexity index is 555. The van der Waals surface area contributed by atoms with Gasteiger partial charge in [-0.1, -0.05) is 30.3 Å². The van der Waals surface area contributed by atoms with Gasteiger partial charge < -0.3 is 9.84 Å². The van der Waals surface area contributed by atoms with Gasteiger partial charge in [0.05, 0.1) is 25.4 Å². The molecule has 0 bridgehead atoms. The molecule has 26 heavy (non-hydrogen) atoms. The van der Waals surface area contributed by atoms with Crippen molar-refractivity contribution in [3.8, 4) is 0 Å². The fraction of sp³-hybridized carbons (Fsp3) is 0.650. The van der Waals surface area contributed by atoms with Crippen LogP contribution in [0.5, 0.6) is 0 Å². The Morgan fingerprint density at radius 2 is 1.58 bits per heavy atom. The Morgan fingerprint density at radius 1 is 1.00 bits per heavy atom. The molecule has 0 aromatic heterocycles. The van der Waals surface area contributed by atoms with Crippen molar-refractivity contribution in [3.05, 3.63) is 35.9 Å². The van der Waals surface area contributed by atoms with Crippen molar-refractivity contribution >= 4 is 5.78 Å². The smallest absolute Gasteiger partial charge is 0.179 e. The van der Waals surface area contributed by atoms with Gasteiger partial charge in [0.25, 0.3) is 0 Å². The van der Waals surface area contributed by atoms with E-state index in [2.05, 4.69) is 14.7 Å². The molecule has 1 aromatic rings. The molecule has 3 rings (SSSR count). The van der Waals surface area contributed by atoms with Crippen molar-refractivity contribution in [2.45, 2.75) is 19.1 Å². The Morgan fingerprint density at radius 3 is 2.19 bits per heavy atom. The third-order valence-corrected chi connectivity index (χ3v) is 5.43. The zero-order valence-electron chi connectivity index (χ0n) is 15.7. The van der Waals surface area contributed by atoms with Crippen LogP contribution in [-0.4, -0.2) is 103 Å². The third-order valence-electron chi connectivity index (χ3n) is 5.43. The first kappa shape index (κ1) is 19.5. The van der Waals surface area contributed by atoms with Crippen LogP contribution in [0.25, 0.3) is 0 Å². The number of carbonyl (C=O) groups excluding carboxylic acids is 1. The number of hydrogen-bond acceptors (Lipinski definition) is 6. The molecule has 2 atom stereocenters. The van der Waals surface area contributed by atoms with E-state index >= 15 is 0 Å². The molecule has 1 N–H and O–H groups in total. The number of morpholine rings is 1. The van der Waals surface area contributed by atoms with E-state index in [9.17, 15) is 9.90 Å². The minimum atomic E-state index is -0.331. The molecular formula is C20H31N3O3. The van der Waals surface area contributed by atoms with Crippen LogP contribution in [0.4, 0.5) is 0 Å². The number of hydrogen-bond donors (Lipinski definition) is 1. The van der Waals surface area contributed by atoms with Crippen LogP contribution in [-0.2, 0) is 4.74 Å². The number of carbonyl (C=O) groups is 1. The lowest BCUT2D eigenvalue weighted by molar-refractivity contribution is 0.00108. The van der Waals surface area contributed by atoms with E-state index in [0.717, 1.165) is 58.0 Å². The fourth-order valence-electron chi connectivity index (χ4n) is 3.78. The maximum absolute atomic E-state index is 12.6. The maximum atomic E-state index is 12.6. The first-order valence-corrected chi connectivity index (χ1v) is 9.67. The van der Waals surface area contributed by atoms with Gasteiger partial charge in [0.2, 0.25) is 0 Å². The quantitative estimate of drug-likeness (QED) is 0.717. The Hall–Kier alpha value is -1.31. The minimum absolute atomic E-state index is 0.0992. The molecular weight excluding hydrogens is 330 g/mol. The summed E-state index contributed by atoms with van der Waals surface area (Å²) in [5.74, 6) is 0.186. The van der Waals surface area contributed by atoms with E-state index in [1.54, 1.807) is 0 Å². The summed E-state index contributed by atoms with van der Waals surface area (Å²) in [5, 5.41) is 10.4. The van der Waals surface area contributed by atoms with Crippen LogP contribution in [0.1, 0.15) is 17.3 Å². The first-order valence-electron chi connectivity index (χ1n) is 9.67. The van der Waals surface area contributed by atoms with Crippen molar-refractivity contribution in [1.29, 1.82) is 0 Å². The van der Waals surface area contributed by atoms with Gasteiger partial charge in [-0.2, -0.15) is 0 Å². The second kappa shape index (κ2) is 9.58. The van der Waals surface area contributed by atoms with Crippen LogP contribution in [0.15, 0.2) is 30.3 Å². The normalized spacial score (nSPS) is 22.8. The monoisotopic (exact) mass is 361 g/mol. The number of ketones is 1. The molecule has 2 heterocycles. The highest BCUT2D eigenvalue weighted by Crippen LogP contribution is 2.12. The number of β-amino-alcohol motifs (C(OH)–C–C–N with tert-alkyl or cyclic N) is 1. The topological polar surface area (TPSA) is 56.2 Å². The molecule has 2 aliphatic rings. The SMILES string of the molecule is CC(C(=O)c1ccccc1)N1CCN(CC(O)CN2CCOCC2)CC1. The molecule has 144 valence electrons. The van der Waals surface area contributed by atoms with Gasteiger partial charge in [-0.3, -0.25) is 19.5 Å². The van der Waals surface area contributed by atoms with E-state index in [4.69, 9.17) is 4.74 Å². The summed E-state index contributed by atoms with van der Waals surface area (Å²) < 4.78 is 5.35. The van der Waals surface area contributed by atoms with Crippen molar-refractivity contribution in [1.82, 2.24) is 14.7 Å². The third kappa shape index (κ3) is 5.34. The van der Waals surface area contributed by atoms with Crippen LogP contribution >= 0.6 is 0 Å². The number of aliphatic hydroxyl groups excluding tert-OH is 1. The van der Waals surface area contributed by atoms with Crippen molar-refractivity contribution in [2.75, 3.05) is 65.6 Å². The number of piperazine rings is 1. The molecule has 0 radical (unpaired) electrons. The van der Waals surface area contributed by atoms with Gasteiger partial charge in [0.15, 0.2) is 5.78 Å². The molecule has 2 aliphatic heterocycles. The Kier molecular flexibility index (Phi) is 7.16. The van der Waals surface area contributed by atoms with Crippen molar-refractivity contribution < 1.29 is 14.6 Å². The molecule has 0 amide bonds. The summed E-state index contributed by atoms with van der Waals surface area (Å²) in [6.07, 6.45) is -0.331. The summed E-state index contributed by atoms with van der Waals surface area (Å²) in [7, 11) is 0. The molecule has 0 spiro atoms. The lowest BCUT2D eigenvalue weighted by Crippen LogP contribution is -2.54. The van der Waals surface area contributed by atoms with Crippen LogP contribution in [0.2, 0.25) is 0 Å². The second-order valence-electron chi connectivity index (χ2n) is 7.31. The molecule has 1 aromatic carbocycles. The predicted octanol–water partition coefficient (Wildman–Crippen LogP) is 0.569. The van der Waals surface area contributed by atoms with E-state index in [0.29, 0.717) is 13.1 Å². The van der Waals surface area contributed by atoms with Crippen molar-refractivity contribution in [3.63, 3.8) is 0 Å². The van der Waals surface area contributed by atoms with E-state index in [1.807, 2.05) is 37.3 Å². The molecule has 2 unspecified atom stereocenters. The van der Waals surface area contributed by atoms with Gasteiger partial charge >= 0.3 is 0 Å². The van der Waals surface area contributed by atoms with Gasteiger partial charge in [0.1, 0.15) is 0 Å². The summed E-state index contributed by atoms with van der Waals surface area (Å²) in [5.41, 5.74) is 0.781. The molecule has 0 aliphatic carbocycles. The number of nitrogens with zero attached hydrogens (tertiary/aromatic N) is 3. The Balaban J connectivity index is 1.41. The number of ether oxygens (including phenoxy) is 1. The van der Waals surface area contributed by atoms with Gasteiger partial charge in [-0.25, -0.2) is 0 Å². The van der Waals surface area contributed by atoms with Gasteiger partial charge in [0, 0.05) is 57.9 Å². The fourth-order valence-corrected chi connectivity index (χ4v) is 3.78. The highest BCUT2D eigenvalue weighted by atomic mass is 16.5. The Labute approximate surface area is 156 Å². The molecule has 0 saturated carbocycles. The highest BCUT2D eigenvalue weighted by molar-refractivity contribution is 5.99. The molecule has 2 saturated heterocycles. The number of Topliss-reactive ketones (excluding diaryl/α,β-unsaturated/α-hetero) is 1. The van der Waals surface area contributed by atoms with Crippen LogP contribution in [0.3, 0.4) is 0 Å². The van der Waals surface area contributed by atoms with Crippen molar-refractivity contribution in [2.24, 2.45) is 0 Å². The van der Waals surface area contributed by atoms with Gasteiger partial charge in [-0.05, 0) is 6.92 Å². The molecule has 6 nitrogen and oxygen atoms in total. The largest absolute Gasteiger partial charge is 0.390 e. The predicted molar refractivity (Wildman–Crippen MR) is 102 cm³/mol. The summed E-state index contributed by atoms with van der Waals surface area (Å²) in [4.78, 5) is 19.4. The lowest BCUT2D eigenvalue weighted by Gasteiger charge is -2.38. The maximum Gasteiger partial charge on any atom is 0.179 e. The van der Waals surface area contributed by atoms with E-state index in [1.165, 1.54) is 0 Å².